The zero-order chi connectivity index (χ0) is 14.3. The summed E-state index contributed by atoms with van der Waals surface area (Å²) >= 11 is 0. The number of hydrogen-bond donors (Lipinski definition) is 2. The molecule has 0 aromatic heterocycles. The van der Waals surface area contributed by atoms with Crippen LogP contribution in [-0.4, -0.2) is 44.4 Å². The lowest BCUT2D eigenvalue weighted by molar-refractivity contribution is -0.163. The van der Waals surface area contributed by atoms with Gasteiger partial charge in [0.05, 0.1) is 6.61 Å². The zero-order valence-corrected chi connectivity index (χ0v) is 11.1. The molecular formula is C12H21F3N2O2. The van der Waals surface area contributed by atoms with Gasteiger partial charge in [0.15, 0.2) is 0 Å². The van der Waals surface area contributed by atoms with E-state index in [4.69, 9.17) is 4.74 Å². The minimum absolute atomic E-state index is 0.134. The fraction of sp³-hybridized carbons (Fsp3) is 0.917. The number of piperidine rings is 1. The van der Waals surface area contributed by atoms with Crippen LogP contribution in [0.1, 0.15) is 32.1 Å². The molecule has 1 amide bonds. The van der Waals surface area contributed by atoms with Crippen molar-refractivity contribution in [3.8, 4) is 0 Å². The van der Waals surface area contributed by atoms with Gasteiger partial charge >= 0.3 is 6.18 Å². The van der Waals surface area contributed by atoms with E-state index in [9.17, 15) is 18.0 Å². The maximum Gasteiger partial charge on any atom is 0.403 e. The van der Waals surface area contributed by atoms with Crippen molar-refractivity contribution in [3.05, 3.63) is 0 Å². The van der Waals surface area contributed by atoms with Crippen molar-refractivity contribution in [1.29, 1.82) is 0 Å². The molecule has 0 aromatic rings. The van der Waals surface area contributed by atoms with Crippen molar-refractivity contribution >= 4 is 5.91 Å². The Labute approximate surface area is 111 Å². The van der Waals surface area contributed by atoms with E-state index in [2.05, 4.69) is 10.6 Å². The molecule has 2 atom stereocenters. The molecule has 4 nitrogen and oxygen atoms in total. The van der Waals surface area contributed by atoms with Crippen LogP contribution >= 0.6 is 0 Å². The SMILES string of the molecule is COCCC(=O)NCCC1CCCC(C(F)(F)F)N1. The maximum atomic E-state index is 12.6. The molecule has 1 saturated heterocycles. The van der Waals surface area contributed by atoms with E-state index >= 15 is 0 Å². The van der Waals surface area contributed by atoms with Gasteiger partial charge in [0, 0.05) is 26.1 Å². The maximum absolute atomic E-state index is 12.6. The Morgan fingerprint density at radius 3 is 2.79 bits per heavy atom. The molecule has 2 N–H and O–H groups in total. The molecule has 0 bridgehead atoms. The molecule has 0 radical (unpaired) electrons. The highest BCUT2D eigenvalue weighted by atomic mass is 19.4. The first-order chi connectivity index (χ1) is 8.93. The first kappa shape index (κ1) is 16.2. The minimum Gasteiger partial charge on any atom is -0.384 e. The number of alkyl halides is 3. The van der Waals surface area contributed by atoms with Crippen molar-refractivity contribution in [3.63, 3.8) is 0 Å². The van der Waals surface area contributed by atoms with Gasteiger partial charge in [0.1, 0.15) is 6.04 Å². The summed E-state index contributed by atoms with van der Waals surface area (Å²) < 4.78 is 42.4. The smallest absolute Gasteiger partial charge is 0.384 e. The molecule has 2 unspecified atom stereocenters. The van der Waals surface area contributed by atoms with Crippen LogP contribution in [-0.2, 0) is 9.53 Å². The predicted octanol–water partition coefficient (Wildman–Crippen LogP) is 1.60. The molecule has 1 rings (SSSR count). The Bertz CT molecular complexity index is 285. The average molecular weight is 282 g/mol. The van der Waals surface area contributed by atoms with Crippen molar-refractivity contribution in [2.24, 2.45) is 0 Å². The van der Waals surface area contributed by atoms with E-state index in [0.717, 1.165) is 6.42 Å². The van der Waals surface area contributed by atoms with Gasteiger partial charge in [-0.3, -0.25) is 4.79 Å². The molecule has 1 heterocycles. The summed E-state index contributed by atoms with van der Waals surface area (Å²) in [6, 6.07) is -1.58. The lowest BCUT2D eigenvalue weighted by Crippen LogP contribution is -2.51. The van der Waals surface area contributed by atoms with E-state index in [-0.39, 0.29) is 24.8 Å². The Balaban J connectivity index is 2.20. The summed E-state index contributed by atoms with van der Waals surface area (Å²) in [5.41, 5.74) is 0. The number of carbonyl (C=O) groups excluding carboxylic acids is 1. The summed E-state index contributed by atoms with van der Waals surface area (Å²) in [5, 5.41) is 5.29. The summed E-state index contributed by atoms with van der Waals surface area (Å²) in [6.07, 6.45) is -1.95. The average Bonchev–Trinajstić information content (AvgIpc) is 2.36. The molecule has 1 fully saturated rings. The predicted molar refractivity (Wildman–Crippen MR) is 64.7 cm³/mol. The van der Waals surface area contributed by atoms with E-state index in [0.29, 0.717) is 26.0 Å². The number of amides is 1. The fourth-order valence-corrected chi connectivity index (χ4v) is 2.17. The zero-order valence-electron chi connectivity index (χ0n) is 11.1. The molecule has 0 aliphatic carbocycles. The molecular weight excluding hydrogens is 261 g/mol. The summed E-state index contributed by atoms with van der Waals surface area (Å²) in [4.78, 5) is 11.3. The molecule has 7 heteroatoms. The topological polar surface area (TPSA) is 50.4 Å². The number of rotatable bonds is 6. The monoisotopic (exact) mass is 282 g/mol. The van der Waals surface area contributed by atoms with E-state index in [1.165, 1.54) is 7.11 Å². The third kappa shape index (κ3) is 6.24. The van der Waals surface area contributed by atoms with Crippen molar-refractivity contribution in [2.75, 3.05) is 20.3 Å². The van der Waals surface area contributed by atoms with Gasteiger partial charge in [0.2, 0.25) is 5.91 Å². The summed E-state index contributed by atoms with van der Waals surface area (Å²) in [5.74, 6) is -0.134. The first-order valence-electron chi connectivity index (χ1n) is 6.52. The van der Waals surface area contributed by atoms with Crippen LogP contribution in [0.15, 0.2) is 0 Å². The lowest BCUT2D eigenvalue weighted by atomic mass is 9.96. The van der Waals surface area contributed by atoms with Gasteiger partial charge in [-0.15, -0.1) is 0 Å². The standard InChI is InChI=1S/C12H21F3N2O2/c1-19-8-6-11(18)16-7-5-9-3-2-4-10(17-9)12(13,14)15/h9-10,17H,2-8H2,1H3,(H,16,18). The van der Waals surface area contributed by atoms with Gasteiger partial charge in [-0.2, -0.15) is 13.2 Å². The largest absolute Gasteiger partial charge is 0.403 e. The number of ether oxygens (including phenoxy) is 1. The number of carbonyl (C=O) groups is 1. The van der Waals surface area contributed by atoms with Gasteiger partial charge < -0.3 is 15.4 Å². The van der Waals surface area contributed by atoms with Crippen LogP contribution in [0.25, 0.3) is 0 Å². The van der Waals surface area contributed by atoms with E-state index in [1.807, 2.05) is 0 Å². The van der Waals surface area contributed by atoms with Gasteiger partial charge in [0.25, 0.3) is 0 Å². The Kier molecular flexibility index (Phi) is 6.57. The molecule has 0 saturated carbocycles. The Hall–Kier alpha value is -0.820. The Morgan fingerprint density at radius 2 is 2.16 bits per heavy atom. The first-order valence-corrected chi connectivity index (χ1v) is 6.52. The third-order valence-corrected chi connectivity index (χ3v) is 3.23. The highest BCUT2D eigenvalue weighted by Crippen LogP contribution is 2.28. The molecule has 1 aliphatic rings. The van der Waals surface area contributed by atoms with Gasteiger partial charge in [-0.05, 0) is 19.3 Å². The van der Waals surface area contributed by atoms with Crippen LogP contribution in [0.2, 0.25) is 0 Å². The second-order valence-corrected chi connectivity index (χ2v) is 4.77. The van der Waals surface area contributed by atoms with Crippen molar-refractivity contribution in [2.45, 2.75) is 50.4 Å². The van der Waals surface area contributed by atoms with Crippen molar-refractivity contribution in [1.82, 2.24) is 10.6 Å². The number of methoxy groups -OCH3 is 1. The van der Waals surface area contributed by atoms with Crippen LogP contribution in [0.3, 0.4) is 0 Å². The summed E-state index contributed by atoms with van der Waals surface area (Å²) in [6.45, 7) is 0.744. The number of halogens is 3. The van der Waals surface area contributed by atoms with Crippen LogP contribution in [0, 0.1) is 0 Å². The molecule has 19 heavy (non-hydrogen) atoms. The molecule has 0 spiro atoms. The van der Waals surface area contributed by atoms with Crippen LogP contribution < -0.4 is 10.6 Å². The quantitative estimate of drug-likeness (QED) is 0.778. The van der Waals surface area contributed by atoms with Crippen LogP contribution in [0.4, 0.5) is 13.2 Å². The molecule has 0 aromatic carbocycles. The molecule has 1 aliphatic heterocycles. The second-order valence-electron chi connectivity index (χ2n) is 4.77. The van der Waals surface area contributed by atoms with Crippen molar-refractivity contribution < 1.29 is 22.7 Å². The number of hydrogen-bond acceptors (Lipinski definition) is 3. The Morgan fingerprint density at radius 1 is 1.42 bits per heavy atom. The summed E-state index contributed by atoms with van der Waals surface area (Å²) in [7, 11) is 1.51. The van der Waals surface area contributed by atoms with Gasteiger partial charge in [-0.25, -0.2) is 0 Å². The lowest BCUT2D eigenvalue weighted by Gasteiger charge is -2.32. The van der Waals surface area contributed by atoms with E-state index < -0.39 is 12.2 Å². The fourth-order valence-electron chi connectivity index (χ4n) is 2.17. The van der Waals surface area contributed by atoms with Gasteiger partial charge in [-0.1, -0.05) is 6.42 Å². The highest BCUT2D eigenvalue weighted by Gasteiger charge is 2.41. The van der Waals surface area contributed by atoms with Crippen LogP contribution in [0.5, 0.6) is 0 Å². The second kappa shape index (κ2) is 7.69. The molecule has 112 valence electrons. The third-order valence-electron chi connectivity index (χ3n) is 3.23. The van der Waals surface area contributed by atoms with E-state index in [1.54, 1.807) is 0 Å². The minimum atomic E-state index is -4.18. The highest BCUT2D eigenvalue weighted by molar-refractivity contribution is 5.75. The normalized spacial score (nSPS) is 24.2. The number of nitrogens with one attached hydrogen (secondary N) is 2.